The topological polar surface area (TPSA) is 52.6 Å². The van der Waals surface area contributed by atoms with Crippen LogP contribution in [0.1, 0.15) is 25.0 Å². The normalized spacial score (nSPS) is 18.6. The van der Waals surface area contributed by atoms with Gasteiger partial charge in [0.05, 0.1) is 0 Å². The summed E-state index contributed by atoms with van der Waals surface area (Å²) in [6.45, 7) is 6.65. The molecule has 4 heteroatoms. The van der Waals surface area contributed by atoms with Crippen molar-refractivity contribution in [1.29, 1.82) is 0 Å². The van der Waals surface area contributed by atoms with Crippen molar-refractivity contribution >= 4 is 5.97 Å². The lowest BCUT2D eigenvalue weighted by Crippen LogP contribution is -2.57. The Labute approximate surface area is 114 Å². The lowest BCUT2D eigenvalue weighted by molar-refractivity contribution is -0.145. The van der Waals surface area contributed by atoms with E-state index in [1.165, 1.54) is 11.1 Å². The maximum absolute atomic E-state index is 11.4. The molecule has 4 nitrogen and oxygen atoms in total. The molecule has 0 aliphatic carbocycles. The molecule has 1 heterocycles. The number of benzene rings is 1. The number of likely N-dealkylation sites (N-methyl/N-ethyl adjacent to an activating group) is 1. The summed E-state index contributed by atoms with van der Waals surface area (Å²) >= 11 is 0. The highest BCUT2D eigenvalue weighted by Crippen LogP contribution is 2.20. The minimum absolute atomic E-state index is 0.532. The molecule has 1 aromatic rings. The van der Waals surface area contributed by atoms with E-state index in [-0.39, 0.29) is 0 Å². The van der Waals surface area contributed by atoms with Crippen LogP contribution in [0.5, 0.6) is 0 Å². The summed E-state index contributed by atoms with van der Waals surface area (Å²) in [6, 6.07) is 8.40. The predicted molar refractivity (Wildman–Crippen MR) is 75.1 cm³/mol. The SMILES string of the molecule is CCNC(C)(CN1CCc2ccccc2C1)C(=O)O. The van der Waals surface area contributed by atoms with E-state index in [4.69, 9.17) is 0 Å². The molecule has 1 aromatic carbocycles. The van der Waals surface area contributed by atoms with Gasteiger partial charge < -0.3 is 10.4 Å². The van der Waals surface area contributed by atoms with Crippen molar-refractivity contribution in [2.24, 2.45) is 0 Å². The average Bonchev–Trinajstić information content (AvgIpc) is 2.38. The Morgan fingerprint density at radius 2 is 2.11 bits per heavy atom. The molecule has 0 radical (unpaired) electrons. The molecule has 0 spiro atoms. The highest BCUT2D eigenvalue weighted by Gasteiger charge is 2.34. The number of fused-ring (bicyclic) bond motifs is 1. The molecule has 1 aliphatic heterocycles. The van der Waals surface area contributed by atoms with E-state index in [0.717, 1.165) is 19.5 Å². The summed E-state index contributed by atoms with van der Waals surface area (Å²) in [5.74, 6) is -0.784. The van der Waals surface area contributed by atoms with Crippen LogP contribution in [-0.2, 0) is 17.8 Å². The maximum Gasteiger partial charge on any atom is 0.324 e. The second kappa shape index (κ2) is 5.72. The third-order valence-electron chi connectivity index (χ3n) is 3.79. The zero-order valence-electron chi connectivity index (χ0n) is 11.6. The number of carboxylic acid groups (broad SMARTS) is 1. The first-order chi connectivity index (χ1) is 9.05. The Balaban J connectivity index is 2.07. The number of nitrogens with zero attached hydrogens (tertiary/aromatic N) is 1. The monoisotopic (exact) mass is 262 g/mol. The molecule has 0 saturated carbocycles. The van der Waals surface area contributed by atoms with Crippen molar-refractivity contribution in [3.63, 3.8) is 0 Å². The summed E-state index contributed by atoms with van der Waals surface area (Å²) in [5.41, 5.74) is 1.83. The molecule has 0 fully saturated rings. The summed E-state index contributed by atoms with van der Waals surface area (Å²) in [6.07, 6.45) is 0.998. The molecule has 0 amide bonds. The Hall–Kier alpha value is -1.39. The molecule has 19 heavy (non-hydrogen) atoms. The molecule has 1 aliphatic rings. The van der Waals surface area contributed by atoms with Gasteiger partial charge in [-0.05, 0) is 31.0 Å². The minimum Gasteiger partial charge on any atom is -0.480 e. The fourth-order valence-corrected chi connectivity index (χ4v) is 2.73. The largest absolute Gasteiger partial charge is 0.480 e. The van der Waals surface area contributed by atoms with Crippen molar-refractivity contribution in [2.45, 2.75) is 32.4 Å². The molecule has 0 aromatic heterocycles. The molecule has 1 atom stereocenters. The minimum atomic E-state index is -0.874. The van der Waals surface area contributed by atoms with Gasteiger partial charge in [-0.2, -0.15) is 0 Å². The molecule has 1 unspecified atom stereocenters. The van der Waals surface area contributed by atoms with E-state index in [9.17, 15) is 9.90 Å². The van der Waals surface area contributed by atoms with Crippen molar-refractivity contribution < 1.29 is 9.90 Å². The van der Waals surface area contributed by atoms with E-state index in [0.29, 0.717) is 13.1 Å². The Morgan fingerprint density at radius 1 is 1.42 bits per heavy atom. The van der Waals surface area contributed by atoms with Crippen LogP contribution in [0.4, 0.5) is 0 Å². The van der Waals surface area contributed by atoms with E-state index in [2.05, 4.69) is 28.4 Å². The Morgan fingerprint density at radius 3 is 2.74 bits per heavy atom. The van der Waals surface area contributed by atoms with Crippen LogP contribution in [0.15, 0.2) is 24.3 Å². The van der Waals surface area contributed by atoms with Gasteiger partial charge in [0.1, 0.15) is 5.54 Å². The zero-order chi connectivity index (χ0) is 13.9. The molecule has 104 valence electrons. The molecule has 0 saturated heterocycles. The number of nitrogens with one attached hydrogen (secondary N) is 1. The molecular weight excluding hydrogens is 240 g/mol. The van der Waals surface area contributed by atoms with Gasteiger partial charge >= 0.3 is 5.97 Å². The number of carbonyl (C=O) groups is 1. The van der Waals surface area contributed by atoms with Crippen molar-refractivity contribution in [3.8, 4) is 0 Å². The number of hydrogen-bond acceptors (Lipinski definition) is 3. The Bertz CT molecular complexity index is 461. The summed E-state index contributed by atoms with van der Waals surface area (Å²) in [5, 5.41) is 12.5. The van der Waals surface area contributed by atoms with Gasteiger partial charge in [-0.1, -0.05) is 31.2 Å². The van der Waals surface area contributed by atoms with Gasteiger partial charge in [-0.25, -0.2) is 0 Å². The van der Waals surface area contributed by atoms with Crippen LogP contribution in [0.3, 0.4) is 0 Å². The van der Waals surface area contributed by atoms with Crippen LogP contribution in [0.2, 0.25) is 0 Å². The van der Waals surface area contributed by atoms with Crippen molar-refractivity contribution in [3.05, 3.63) is 35.4 Å². The molecular formula is C15H22N2O2. The quantitative estimate of drug-likeness (QED) is 0.844. The van der Waals surface area contributed by atoms with Crippen LogP contribution < -0.4 is 5.32 Å². The second-order valence-electron chi connectivity index (χ2n) is 5.40. The first kappa shape index (κ1) is 14.0. The van der Waals surface area contributed by atoms with Gasteiger partial charge in [-0.15, -0.1) is 0 Å². The average molecular weight is 262 g/mol. The fourth-order valence-electron chi connectivity index (χ4n) is 2.73. The smallest absolute Gasteiger partial charge is 0.324 e. The van der Waals surface area contributed by atoms with Gasteiger partial charge in [0.15, 0.2) is 0 Å². The van der Waals surface area contributed by atoms with Gasteiger partial charge in [0, 0.05) is 19.6 Å². The molecule has 2 rings (SSSR count). The Kier molecular flexibility index (Phi) is 4.22. The lowest BCUT2D eigenvalue weighted by Gasteiger charge is -2.35. The van der Waals surface area contributed by atoms with Crippen molar-refractivity contribution in [1.82, 2.24) is 10.2 Å². The highest BCUT2D eigenvalue weighted by molar-refractivity contribution is 5.78. The van der Waals surface area contributed by atoms with Crippen LogP contribution in [0.25, 0.3) is 0 Å². The van der Waals surface area contributed by atoms with Gasteiger partial charge in [0.2, 0.25) is 0 Å². The number of rotatable bonds is 5. The van der Waals surface area contributed by atoms with Gasteiger partial charge in [-0.3, -0.25) is 9.69 Å². The second-order valence-corrected chi connectivity index (χ2v) is 5.40. The molecule has 0 bridgehead atoms. The van der Waals surface area contributed by atoms with Crippen molar-refractivity contribution in [2.75, 3.05) is 19.6 Å². The first-order valence-corrected chi connectivity index (χ1v) is 6.83. The third kappa shape index (κ3) is 3.14. The van der Waals surface area contributed by atoms with E-state index in [1.807, 2.05) is 13.0 Å². The standard InChI is InChI=1S/C15H22N2O2/c1-3-16-15(2,14(18)19)11-17-9-8-12-6-4-5-7-13(12)10-17/h4-7,16H,3,8-11H2,1-2H3,(H,18,19). The number of carboxylic acids is 1. The van der Waals surface area contributed by atoms with E-state index < -0.39 is 11.5 Å². The van der Waals surface area contributed by atoms with E-state index >= 15 is 0 Å². The fraction of sp³-hybridized carbons (Fsp3) is 0.533. The summed E-state index contributed by atoms with van der Waals surface area (Å²) in [7, 11) is 0. The number of hydrogen-bond donors (Lipinski definition) is 2. The number of aliphatic carboxylic acids is 1. The zero-order valence-corrected chi connectivity index (χ0v) is 11.6. The van der Waals surface area contributed by atoms with Crippen LogP contribution >= 0.6 is 0 Å². The lowest BCUT2D eigenvalue weighted by atomic mass is 9.96. The highest BCUT2D eigenvalue weighted by atomic mass is 16.4. The molecule has 2 N–H and O–H groups in total. The summed E-state index contributed by atoms with van der Waals surface area (Å²) < 4.78 is 0. The maximum atomic E-state index is 11.4. The van der Waals surface area contributed by atoms with E-state index in [1.54, 1.807) is 6.92 Å². The third-order valence-corrected chi connectivity index (χ3v) is 3.79. The predicted octanol–water partition coefficient (Wildman–Crippen LogP) is 1.50. The van der Waals surface area contributed by atoms with Gasteiger partial charge in [0.25, 0.3) is 0 Å². The first-order valence-electron chi connectivity index (χ1n) is 6.83. The summed E-state index contributed by atoms with van der Waals surface area (Å²) in [4.78, 5) is 13.7. The van der Waals surface area contributed by atoms with Crippen LogP contribution in [0, 0.1) is 0 Å². The van der Waals surface area contributed by atoms with Crippen LogP contribution in [-0.4, -0.2) is 41.1 Å².